The molecule has 0 bridgehead atoms. The summed E-state index contributed by atoms with van der Waals surface area (Å²) in [5, 5.41) is 25.8. The monoisotopic (exact) mass is 408 g/mol. The highest BCUT2D eigenvalue weighted by Crippen LogP contribution is 2.14. The van der Waals surface area contributed by atoms with Gasteiger partial charge in [0, 0.05) is 45.5 Å². The largest absolute Gasteiger partial charge is 0.491 e. The van der Waals surface area contributed by atoms with Gasteiger partial charge in [-0.3, -0.25) is 4.90 Å². The minimum Gasteiger partial charge on any atom is -0.491 e. The summed E-state index contributed by atoms with van der Waals surface area (Å²) < 4.78 is 12.8. The molecule has 1 aromatic heterocycles. The van der Waals surface area contributed by atoms with Crippen molar-refractivity contribution in [2.45, 2.75) is 17.8 Å². The average Bonchev–Trinajstić information content (AvgIpc) is 3.12. The number of benzene rings is 1. The van der Waals surface area contributed by atoms with Gasteiger partial charge in [-0.2, -0.15) is 0 Å². The van der Waals surface area contributed by atoms with Crippen molar-refractivity contribution >= 4 is 11.8 Å². The second-order valence-electron chi connectivity index (χ2n) is 6.64. The molecule has 1 aromatic carbocycles. The fraction of sp³-hybridized carbons (Fsp3) is 0.611. The number of aromatic nitrogens is 4. The zero-order valence-corrected chi connectivity index (χ0v) is 17.0. The summed E-state index contributed by atoms with van der Waals surface area (Å²) in [6.45, 7) is 5.70. The Kier molecular flexibility index (Phi) is 8.49. The number of thioether (sulfide) groups is 1. The van der Waals surface area contributed by atoms with Crippen molar-refractivity contribution in [2.75, 3.05) is 51.8 Å². The Morgan fingerprint density at radius 2 is 2.21 bits per heavy atom. The smallest absolute Gasteiger partial charge is 0.209 e. The van der Waals surface area contributed by atoms with Crippen LogP contribution in [0.3, 0.4) is 0 Å². The molecule has 10 heteroatoms. The molecule has 0 unspecified atom stereocenters. The number of nitrogens with one attached hydrogen (secondary N) is 1. The molecule has 1 atom stereocenters. The van der Waals surface area contributed by atoms with Crippen molar-refractivity contribution < 1.29 is 14.6 Å². The van der Waals surface area contributed by atoms with E-state index >= 15 is 0 Å². The molecule has 0 aliphatic carbocycles. The summed E-state index contributed by atoms with van der Waals surface area (Å²) in [5.74, 6) is 1.66. The molecule has 28 heavy (non-hydrogen) atoms. The number of aryl methyl sites for hydroxylation is 1. The first-order valence-electron chi connectivity index (χ1n) is 9.46. The van der Waals surface area contributed by atoms with Crippen molar-refractivity contribution in [3.05, 3.63) is 29.8 Å². The predicted octanol–water partition coefficient (Wildman–Crippen LogP) is 0.164. The maximum atomic E-state index is 10.2. The van der Waals surface area contributed by atoms with E-state index in [1.54, 1.807) is 16.4 Å². The van der Waals surface area contributed by atoms with Gasteiger partial charge in [0.15, 0.2) is 0 Å². The van der Waals surface area contributed by atoms with Crippen LogP contribution in [0.15, 0.2) is 29.4 Å². The van der Waals surface area contributed by atoms with Crippen LogP contribution in [0.25, 0.3) is 0 Å². The summed E-state index contributed by atoms with van der Waals surface area (Å²) >= 11 is 1.62. The number of nitrogens with zero attached hydrogens (tertiary/aromatic N) is 5. The van der Waals surface area contributed by atoms with Gasteiger partial charge < -0.3 is 19.9 Å². The highest BCUT2D eigenvalue weighted by molar-refractivity contribution is 7.99. The Labute approximate surface area is 169 Å². The van der Waals surface area contributed by atoms with Crippen molar-refractivity contribution in [1.82, 2.24) is 30.4 Å². The van der Waals surface area contributed by atoms with Crippen LogP contribution in [0.5, 0.6) is 5.75 Å². The fourth-order valence-electron chi connectivity index (χ4n) is 2.86. The van der Waals surface area contributed by atoms with Crippen LogP contribution in [-0.2, 0) is 18.3 Å². The minimum atomic E-state index is -0.507. The predicted molar refractivity (Wildman–Crippen MR) is 106 cm³/mol. The van der Waals surface area contributed by atoms with Crippen molar-refractivity contribution in [3.8, 4) is 5.75 Å². The molecule has 2 heterocycles. The molecule has 1 saturated heterocycles. The number of aliphatic hydroxyl groups excluding tert-OH is 1. The maximum Gasteiger partial charge on any atom is 0.209 e. The van der Waals surface area contributed by atoms with E-state index in [4.69, 9.17) is 9.47 Å². The van der Waals surface area contributed by atoms with Crippen molar-refractivity contribution in [3.63, 3.8) is 0 Å². The lowest BCUT2D eigenvalue weighted by molar-refractivity contribution is 0.00465. The van der Waals surface area contributed by atoms with Crippen LogP contribution in [-0.4, -0.2) is 88.1 Å². The lowest BCUT2D eigenvalue weighted by Crippen LogP contribution is -2.42. The molecule has 1 fully saturated rings. The number of hydrogen-bond donors (Lipinski definition) is 2. The second-order valence-corrected chi connectivity index (χ2v) is 7.70. The molecule has 2 aromatic rings. The van der Waals surface area contributed by atoms with Crippen LogP contribution in [0.1, 0.15) is 5.56 Å². The Bertz CT molecular complexity index is 710. The molecule has 0 spiro atoms. The molecule has 2 N–H and O–H groups in total. The fourth-order valence-corrected chi connectivity index (χ4v) is 3.61. The molecular formula is C18H28N6O3S. The van der Waals surface area contributed by atoms with E-state index in [-0.39, 0.29) is 6.61 Å². The van der Waals surface area contributed by atoms with Gasteiger partial charge in [0.25, 0.3) is 0 Å². The number of morpholine rings is 1. The SMILES string of the molecule is Cn1nnnc1SCCNCc1cccc(OC[C@H](O)CN2CCOCC2)c1. The number of rotatable bonds is 11. The third kappa shape index (κ3) is 7.02. The van der Waals surface area contributed by atoms with Crippen molar-refractivity contribution in [1.29, 1.82) is 0 Å². The van der Waals surface area contributed by atoms with Crippen LogP contribution < -0.4 is 10.1 Å². The molecule has 1 aliphatic heterocycles. The Balaban J connectivity index is 1.33. The number of β-amino-alcohol motifs (C(OH)–C–C–N with tert-alkyl or cyclic N) is 1. The van der Waals surface area contributed by atoms with E-state index in [1.165, 1.54) is 0 Å². The molecule has 0 saturated carbocycles. The summed E-state index contributed by atoms with van der Waals surface area (Å²) in [4.78, 5) is 2.20. The van der Waals surface area contributed by atoms with E-state index in [1.807, 2.05) is 25.2 Å². The van der Waals surface area contributed by atoms with Crippen LogP contribution in [0.4, 0.5) is 0 Å². The first kappa shape index (κ1) is 21.0. The first-order valence-corrected chi connectivity index (χ1v) is 10.4. The van der Waals surface area contributed by atoms with E-state index in [0.717, 1.165) is 61.6 Å². The van der Waals surface area contributed by atoms with Crippen LogP contribution in [0.2, 0.25) is 0 Å². The van der Waals surface area contributed by atoms with Crippen LogP contribution in [0, 0.1) is 0 Å². The van der Waals surface area contributed by atoms with Gasteiger partial charge in [0.2, 0.25) is 5.16 Å². The average molecular weight is 409 g/mol. The van der Waals surface area contributed by atoms with Gasteiger partial charge in [0.05, 0.1) is 13.2 Å². The van der Waals surface area contributed by atoms with E-state index in [9.17, 15) is 5.11 Å². The number of hydrogen-bond acceptors (Lipinski definition) is 9. The molecule has 1 aliphatic rings. The Hall–Kier alpha value is -1.72. The van der Waals surface area contributed by atoms with Crippen LogP contribution >= 0.6 is 11.8 Å². The molecule has 3 rings (SSSR count). The molecular weight excluding hydrogens is 380 g/mol. The number of tetrazole rings is 1. The second kappa shape index (κ2) is 11.3. The summed E-state index contributed by atoms with van der Waals surface area (Å²) in [7, 11) is 1.83. The van der Waals surface area contributed by atoms with E-state index < -0.39 is 6.10 Å². The van der Waals surface area contributed by atoms with E-state index in [2.05, 4.69) is 31.8 Å². The van der Waals surface area contributed by atoms with Gasteiger partial charge in [-0.05, 0) is 28.1 Å². The normalized spacial score (nSPS) is 16.2. The number of aliphatic hydroxyl groups is 1. The quantitative estimate of drug-likeness (QED) is 0.398. The van der Waals surface area contributed by atoms with Gasteiger partial charge in [-0.15, -0.1) is 5.10 Å². The highest BCUT2D eigenvalue weighted by Gasteiger charge is 2.15. The van der Waals surface area contributed by atoms with Gasteiger partial charge in [-0.25, -0.2) is 4.68 Å². The summed E-state index contributed by atoms with van der Waals surface area (Å²) in [5.41, 5.74) is 1.14. The lowest BCUT2D eigenvalue weighted by Gasteiger charge is -2.28. The molecule has 9 nitrogen and oxygen atoms in total. The topological polar surface area (TPSA) is 97.6 Å². The number of ether oxygens (including phenoxy) is 2. The van der Waals surface area contributed by atoms with Gasteiger partial charge >= 0.3 is 0 Å². The van der Waals surface area contributed by atoms with Gasteiger partial charge in [0.1, 0.15) is 18.5 Å². The summed E-state index contributed by atoms with van der Waals surface area (Å²) in [6, 6.07) is 7.96. The molecule has 0 amide bonds. The summed E-state index contributed by atoms with van der Waals surface area (Å²) in [6.07, 6.45) is -0.507. The van der Waals surface area contributed by atoms with Crippen molar-refractivity contribution in [2.24, 2.45) is 7.05 Å². The van der Waals surface area contributed by atoms with Gasteiger partial charge in [-0.1, -0.05) is 23.9 Å². The molecule has 154 valence electrons. The zero-order valence-electron chi connectivity index (χ0n) is 16.2. The maximum absolute atomic E-state index is 10.2. The third-order valence-electron chi connectivity index (χ3n) is 4.33. The Morgan fingerprint density at radius 1 is 1.36 bits per heavy atom. The third-order valence-corrected chi connectivity index (χ3v) is 5.35. The lowest BCUT2D eigenvalue weighted by atomic mass is 10.2. The van der Waals surface area contributed by atoms with E-state index in [0.29, 0.717) is 6.54 Å². The Morgan fingerprint density at radius 3 is 3.00 bits per heavy atom. The highest BCUT2D eigenvalue weighted by atomic mass is 32.2. The minimum absolute atomic E-state index is 0.288. The zero-order chi connectivity index (χ0) is 19.6. The first-order chi connectivity index (χ1) is 13.7. The molecule has 0 radical (unpaired) electrons. The standard InChI is InChI=1S/C18H28N6O3S/c1-23-18(20-21-22-23)28-10-5-19-12-15-3-2-4-17(11-15)27-14-16(25)13-24-6-8-26-9-7-24/h2-4,11,16,19,25H,5-10,12-14H2,1H3/t16-/m1/s1.